The summed E-state index contributed by atoms with van der Waals surface area (Å²) in [5, 5.41) is 18.8. The lowest BCUT2D eigenvalue weighted by Crippen LogP contribution is -2.24. The summed E-state index contributed by atoms with van der Waals surface area (Å²) in [6.07, 6.45) is 2.85. The molecule has 3 heterocycles. The summed E-state index contributed by atoms with van der Waals surface area (Å²) in [6, 6.07) is 6.55. The molecule has 4 rings (SSSR count). The summed E-state index contributed by atoms with van der Waals surface area (Å²) < 4.78 is 28.0. The fourth-order valence-corrected chi connectivity index (χ4v) is 3.57. The smallest absolute Gasteiger partial charge is 0.253 e. The molecule has 28 heavy (non-hydrogen) atoms. The highest BCUT2D eigenvalue weighted by Crippen LogP contribution is 2.39. The highest BCUT2D eigenvalue weighted by atomic mass is 19.1. The van der Waals surface area contributed by atoms with Crippen molar-refractivity contribution in [2.24, 2.45) is 0 Å². The van der Waals surface area contributed by atoms with Crippen LogP contribution in [-0.2, 0) is 0 Å². The van der Waals surface area contributed by atoms with E-state index in [4.69, 9.17) is 5.26 Å². The number of halogens is 2. The summed E-state index contributed by atoms with van der Waals surface area (Å²) in [5.74, 6) is -0.845. The number of H-pyrrole nitrogens is 1. The molecule has 7 nitrogen and oxygen atoms in total. The first-order chi connectivity index (χ1) is 13.6. The van der Waals surface area contributed by atoms with Crippen molar-refractivity contribution in [1.82, 2.24) is 20.5 Å². The molecule has 0 spiro atoms. The van der Waals surface area contributed by atoms with E-state index in [1.54, 1.807) is 6.07 Å². The van der Waals surface area contributed by atoms with Crippen LogP contribution in [0.4, 0.5) is 14.6 Å². The van der Waals surface area contributed by atoms with Gasteiger partial charge in [-0.3, -0.25) is 9.89 Å². The van der Waals surface area contributed by atoms with Gasteiger partial charge in [-0.15, -0.1) is 0 Å². The van der Waals surface area contributed by atoms with Crippen LogP contribution in [0.15, 0.2) is 30.5 Å². The van der Waals surface area contributed by atoms with Gasteiger partial charge in [0.1, 0.15) is 18.2 Å². The molecule has 1 aromatic carbocycles. The third-order valence-electron chi connectivity index (χ3n) is 4.83. The Kier molecular flexibility index (Phi) is 4.61. The van der Waals surface area contributed by atoms with E-state index in [1.165, 1.54) is 12.3 Å². The molecule has 3 aromatic rings. The number of fused-ring (bicyclic) bond motifs is 1. The molecule has 0 aliphatic carbocycles. The number of carbonyl (C=O) groups excluding carboxylic acids is 1. The van der Waals surface area contributed by atoms with Crippen LogP contribution in [0.5, 0.6) is 0 Å². The average molecular weight is 382 g/mol. The molecule has 1 aliphatic heterocycles. The lowest BCUT2D eigenvalue weighted by atomic mass is 10.0. The Bertz CT molecular complexity index is 1090. The van der Waals surface area contributed by atoms with Gasteiger partial charge in [0.25, 0.3) is 5.91 Å². The zero-order chi connectivity index (χ0) is 19.7. The molecule has 2 N–H and O–H groups in total. The molecule has 1 aliphatic rings. The number of benzene rings is 1. The maximum Gasteiger partial charge on any atom is 0.253 e. The van der Waals surface area contributed by atoms with Crippen molar-refractivity contribution < 1.29 is 13.6 Å². The van der Waals surface area contributed by atoms with Crippen molar-refractivity contribution in [2.45, 2.75) is 18.9 Å². The zero-order valence-corrected chi connectivity index (χ0v) is 14.7. The Morgan fingerprint density at radius 2 is 2.25 bits per heavy atom. The molecule has 142 valence electrons. The summed E-state index contributed by atoms with van der Waals surface area (Å²) in [6.45, 7) is 0.508. The van der Waals surface area contributed by atoms with Crippen molar-refractivity contribution in [2.75, 3.05) is 18.0 Å². The van der Waals surface area contributed by atoms with Crippen LogP contribution in [0.1, 0.15) is 34.8 Å². The van der Waals surface area contributed by atoms with Crippen LogP contribution in [0.25, 0.3) is 11.0 Å². The van der Waals surface area contributed by atoms with E-state index in [0.29, 0.717) is 29.8 Å². The van der Waals surface area contributed by atoms with Gasteiger partial charge in [-0.05, 0) is 37.1 Å². The summed E-state index contributed by atoms with van der Waals surface area (Å²) in [4.78, 5) is 18.2. The van der Waals surface area contributed by atoms with Crippen molar-refractivity contribution in [3.05, 3.63) is 53.2 Å². The number of aromatic amines is 1. The second kappa shape index (κ2) is 7.23. The quantitative estimate of drug-likeness (QED) is 0.676. The maximum absolute atomic E-state index is 14.3. The van der Waals surface area contributed by atoms with Gasteiger partial charge < -0.3 is 10.2 Å². The Morgan fingerprint density at radius 1 is 1.39 bits per heavy atom. The minimum absolute atomic E-state index is 0.109. The van der Waals surface area contributed by atoms with Gasteiger partial charge in [-0.2, -0.15) is 10.4 Å². The van der Waals surface area contributed by atoms with Crippen LogP contribution < -0.4 is 10.2 Å². The SMILES string of the molecule is N#CCNC(=O)c1cnc2[nH]nc(N3CCC[C@@H]3c3cc(F)ccc3F)c2c1. The Hall–Kier alpha value is -3.54. The second-order valence-electron chi connectivity index (χ2n) is 6.53. The molecule has 1 fully saturated rings. The summed E-state index contributed by atoms with van der Waals surface area (Å²) in [7, 11) is 0. The second-order valence-corrected chi connectivity index (χ2v) is 6.53. The molecule has 0 unspecified atom stereocenters. The summed E-state index contributed by atoms with van der Waals surface area (Å²) >= 11 is 0. The minimum Gasteiger partial charge on any atom is -0.347 e. The first-order valence-corrected chi connectivity index (χ1v) is 8.79. The van der Waals surface area contributed by atoms with Gasteiger partial charge in [0.15, 0.2) is 11.5 Å². The van der Waals surface area contributed by atoms with Gasteiger partial charge >= 0.3 is 0 Å². The predicted octanol–water partition coefficient (Wildman–Crippen LogP) is 2.83. The predicted molar refractivity (Wildman–Crippen MR) is 97.5 cm³/mol. The number of amides is 1. The number of rotatable bonds is 4. The Labute approximate surface area is 159 Å². The van der Waals surface area contributed by atoms with Crippen molar-refractivity contribution in [3.63, 3.8) is 0 Å². The van der Waals surface area contributed by atoms with Gasteiger partial charge in [0, 0.05) is 18.3 Å². The van der Waals surface area contributed by atoms with E-state index in [-0.39, 0.29) is 23.7 Å². The first-order valence-electron chi connectivity index (χ1n) is 8.79. The van der Waals surface area contributed by atoms with Crippen molar-refractivity contribution in [3.8, 4) is 6.07 Å². The van der Waals surface area contributed by atoms with Gasteiger partial charge in [-0.25, -0.2) is 13.8 Å². The Morgan fingerprint density at radius 3 is 3.07 bits per heavy atom. The number of anilines is 1. The third-order valence-corrected chi connectivity index (χ3v) is 4.83. The van der Waals surface area contributed by atoms with Crippen LogP contribution >= 0.6 is 0 Å². The third kappa shape index (κ3) is 3.13. The number of aromatic nitrogens is 3. The number of pyridine rings is 1. The Balaban J connectivity index is 1.72. The molecule has 0 saturated carbocycles. The fourth-order valence-electron chi connectivity index (χ4n) is 3.57. The maximum atomic E-state index is 14.3. The lowest BCUT2D eigenvalue weighted by molar-refractivity contribution is 0.0958. The molecule has 1 amide bonds. The highest BCUT2D eigenvalue weighted by Gasteiger charge is 2.31. The van der Waals surface area contributed by atoms with Gasteiger partial charge in [-0.1, -0.05) is 0 Å². The van der Waals surface area contributed by atoms with E-state index < -0.39 is 17.5 Å². The molecule has 2 aromatic heterocycles. The molecular weight excluding hydrogens is 366 g/mol. The minimum atomic E-state index is -0.492. The summed E-state index contributed by atoms with van der Waals surface area (Å²) in [5.41, 5.74) is 1.06. The highest BCUT2D eigenvalue weighted by molar-refractivity contribution is 5.99. The first kappa shape index (κ1) is 17.9. The van der Waals surface area contributed by atoms with Gasteiger partial charge in [0.05, 0.1) is 23.1 Å². The average Bonchev–Trinajstić information content (AvgIpc) is 3.33. The number of nitrogens with zero attached hydrogens (tertiary/aromatic N) is 4. The van der Waals surface area contributed by atoms with E-state index in [9.17, 15) is 13.6 Å². The monoisotopic (exact) mass is 382 g/mol. The van der Waals surface area contributed by atoms with E-state index in [2.05, 4.69) is 20.5 Å². The fraction of sp³-hybridized carbons (Fsp3) is 0.263. The van der Waals surface area contributed by atoms with Crippen molar-refractivity contribution in [1.29, 1.82) is 5.26 Å². The number of hydrogen-bond acceptors (Lipinski definition) is 5. The lowest BCUT2D eigenvalue weighted by Gasteiger charge is -2.25. The van der Waals surface area contributed by atoms with Crippen LogP contribution in [0.3, 0.4) is 0 Å². The molecule has 0 radical (unpaired) electrons. The number of hydrogen-bond donors (Lipinski definition) is 2. The molecule has 0 bridgehead atoms. The zero-order valence-electron chi connectivity index (χ0n) is 14.7. The van der Waals surface area contributed by atoms with E-state index in [0.717, 1.165) is 18.6 Å². The number of nitrogens with one attached hydrogen (secondary N) is 2. The molecule has 9 heteroatoms. The van der Waals surface area contributed by atoms with Crippen molar-refractivity contribution >= 4 is 22.8 Å². The van der Waals surface area contributed by atoms with Crippen LogP contribution in [-0.4, -0.2) is 34.2 Å². The van der Waals surface area contributed by atoms with E-state index >= 15 is 0 Å². The van der Waals surface area contributed by atoms with Gasteiger partial charge in [0.2, 0.25) is 0 Å². The van der Waals surface area contributed by atoms with Crippen LogP contribution in [0.2, 0.25) is 0 Å². The molecule has 1 saturated heterocycles. The van der Waals surface area contributed by atoms with E-state index in [1.807, 2.05) is 11.0 Å². The normalized spacial score (nSPS) is 16.3. The topological polar surface area (TPSA) is 97.7 Å². The largest absolute Gasteiger partial charge is 0.347 e. The molecular formula is C19H16F2N6O. The number of nitriles is 1. The number of carbonyl (C=O) groups is 1. The van der Waals surface area contributed by atoms with Crippen LogP contribution in [0, 0.1) is 23.0 Å². The standard InChI is InChI=1S/C19H16F2N6O/c20-12-3-4-15(21)13(9-12)16-2-1-7-27(16)18-14-8-11(19(28)23-6-5-22)10-24-17(14)25-26-18/h3-4,8-10,16H,1-2,6-7H2,(H,23,28)(H,24,25,26)/t16-/m1/s1. The molecule has 1 atom stereocenters.